The van der Waals surface area contributed by atoms with Gasteiger partial charge < -0.3 is 13.9 Å². The van der Waals surface area contributed by atoms with Crippen LogP contribution in [-0.4, -0.2) is 23.6 Å². The van der Waals surface area contributed by atoms with Gasteiger partial charge in [-0.15, -0.1) is 0 Å². The summed E-state index contributed by atoms with van der Waals surface area (Å²) in [5.41, 5.74) is 0.814. The van der Waals surface area contributed by atoms with Gasteiger partial charge in [-0.2, -0.15) is 0 Å². The predicted octanol–water partition coefficient (Wildman–Crippen LogP) is 2.11. The first kappa shape index (κ1) is 9.33. The lowest BCUT2D eigenvalue weighted by molar-refractivity contribution is 0.353. The van der Waals surface area contributed by atoms with E-state index in [4.69, 9.17) is 9.47 Å². The number of aromatic nitrogens is 2. The van der Waals surface area contributed by atoms with Crippen molar-refractivity contribution < 1.29 is 9.47 Å². The van der Waals surface area contributed by atoms with Crippen molar-refractivity contribution >= 4 is 21.6 Å². The molecule has 2 aromatic rings. The summed E-state index contributed by atoms with van der Waals surface area (Å²) in [5, 5.41) is 0. The van der Waals surface area contributed by atoms with Gasteiger partial charge in [0, 0.05) is 12.3 Å². The molecular weight excluding hydrogens is 248 g/mol. The fourth-order valence-corrected chi connectivity index (χ4v) is 1.68. The summed E-state index contributed by atoms with van der Waals surface area (Å²) >= 11 is 3.30. The highest BCUT2D eigenvalue weighted by Gasteiger charge is 2.07. The molecule has 0 atom stereocenters. The first-order valence-corrected chi connectivity index (χ1v) is 4.80. The highest BCUT2D eigenvalue weighted by atomic mass is 79.9. The third-order valence-corrected chi connectivity index (χ3v) is 2.31. The van der Waals surface area contributed by atoms with E-state index in [9.17, 15) is 0 Å². The number of hydrogen-bond acceptors (Lipinski definition) is 3. The largest absolute Gasteiger partial charge is 0.493 e. The van der Waals surface area contributed by atoms with Gasteiger partial charge in [-0.3, -0.25) is 0 Å². The second-order valence-electron chi connectivity index (χ2n) is 2.74. The maximum atomic E-state index is 5.16. The number of imidazole rings is 1. The van der Waals surface area contributed by atoms with Crippen LogP contribution >= 0.6 is 15.9 Å². The van der Waals surface area contributed by atoms with Crippen LogP contribution in [0.25, 0.3) is 5.65 Å². The molecule has 4 nitrogen and oxygen atoms in total. The minimum Gasteiger partial charge on any atom is -0.493 e. The molecular formula is C9H9BrN2O2. The van der Waals surface area contributed by atoms with Crippen LogP contribution in [0.5, 0.6) is 11.5 Å². The predicted molar refractivity (Wildman–Crippen MR) is 56.0 cm³/mol. The van der Waals surface area contributed by atoms with E-state index in [0.29, 0.717) is 11.5 Å². The molecule has 0 aliphatic carbocycles. The van der Waals surface area contributed by atoms with Gasteiger partial charge >= 0.3 is 0 Å². The van der Waals surface area contributed by atoms with Crippen LogP contribution < -0.4 is 9.47 Å². The maximum Gasteiger partial charge on any atom is 0.177 e. The number of halogens is 1. The molecule has 0 unspecified atom stereocenters. The second-order valence-corrected chi connectivity index (χ2v) is 3.55. The molecule has 14 heavy (non-hydrogen) atoms. The van der Waals surface area contributed by atoms with E-state index in [1.54, 1.807) is 14.2 Å². The number of pyridine rings is 1. The molecule has 0 N–H and O–H groups in total. The zero-order valence-electron chi connectivity index (χ0n) is 7.82. The Hall–Kier alpha value is -1.23. The van der Waals surface area contributed by atoms with Crippen LogP contribution in [-0.2, 0) is 0 Å². The maximum absolute atomic E-state index is 5.16. The van der Waals surface area contributed by atoms with Gasteiger partial charge in [-0.25, -0.2) is 4.98 Å². The molecule has 0 bridgehead atoms. The Morgan fingerprint density at radius 2 is 1.93 bits per heavy atom. The minimum absolute atomic E-state index is 0.679. The topological polar surface area (TPSA) is 35.8 Å². The molecule has 74 valence electrons. The van der Waals surface area contributed by atoms with Crippen LogP contribution in [0.3, 0.4) is 0 Å². The Labute approximate surface area is 89.6 Å². The molecule has 0 aliphatic heterocycles. The summed E-state index contributed by atoms with van der Waals surface area (Å²) in [6, 6.07) is 1.82. The SMILES string of the molecule is COc1cc2nc(Br)cn2cc1OC. The van der Waals surface area contributed by atoms with E-state index in [0.717, 1.165) is 10.3 Å². The average Bonchev–Trinajstić information content (AvgIpc) is 2.54. The van der Waals surface area contributed by atoms with E-state index >= 15 is 0 Å². The van der Waals surface area contributed by atoms with E-state index in [1.165, 1.54) is 0 Å². The van der Waals surface area contributed by atoms with Gasteiger partial charge in [-0.1, -0.05) is 0 Å². The van der Waals surface area contributed by atoms with Crippen molar-refractivity contribution in [1.82, 2.24) is 9.38 Å². The summed E-state index contributed by atoms with van der Waals surface area (Å²) in [6.45, 7) is 0. The van der Waals surface area contributed by atoms with E-state index in [-0.39, 0.29) is 0 Å². The molecule has 2 aromatic heterocycles. The first-order valence-electron chi connectivity index (χ1n) is 4.01. The third-order valence-electron chi connectivity index (χ3n) is 1.93. The fraction of sp³-hybridized carbons (Fsp3) is 0.222. The Bertz CT molecular complexity index is 426. The van der Waals surface area contributed by atoms with Crippen LogP contribution in [0.15, 0.2) is 23.1 Å². The summed E-state index contributed by atoms with van der Waals surface area (Å²) in [4.78, 5) is 4.24. The normalized spacial score (nSPS) is 10.5. The van der Waals surface area contributed by atoms with Gasteiger partial charge in [0.05, 0.1) is 20.4 Å². The zero-order valence-corrected chi connectivity index (χ0v) is 9.41. The molecule has 2 heterocycles. The monoisotopic (exact) mass is 256 g/mol. The fourth-order valence-electron chi connectivity index (χ4n) is 1.28. The third kappa shape index (κ3) is 1.43. The summed E-state index contributed by atoms with van der Waals surface area (Å²) < 4.78 is 13.0. The molecule has 0 aliphatic rings. The molecule has 0 saturated heterocycles. The zero-order chi connectivity index (χ0) is 10.1. The Kier molecular flexibility index (Phi) is 2.33. The Morgan fingerprint density at radius 3 is 2.57 bits per heavy atom. The lowest BCUT2D eigenvalue weighted by atomic mass is 10.4. The van der Waals surface area contributed by atoms with Crippen LogP contribution in [0.1, 0.15) is 0 Å². The Balaban J connectivity index is 2.68. The molecule has 2 rings (SSSR count). The minimum atomic E-state index is 0.679. The van der Waals surface area contributed by atoms with Gasteiger partial charge in [0.15, 0.2) is 11.5 Å². The van der Waals surface area contributed by atoms with Crippen LogP contribution in [0.2, 0.25) is 0 Å². The van der Waals surface area contributed by atoms with Crippen molar-refractivity contribution in [3.8, 4) is 11.5 Å². The number of ether oxygens (including phenoxy) is 2. The van der Waals surface area contributed by atoms with Gasteiger partial charge in [0.2, 0.25) is 0 Å². The number of nitrogens with zero attached hydrogens (tertiary/aromatic N) is 2. The quantitative estimate of drug-likeness (QED) is 0.826. The summed E-state index contributed by atoms with van der Waals surface area (Å²) in [7, 11) is 3.21. The molecule has 0 spiro atoms. The molecule has 0 amide bonds. The number of hydrogen-bond donors (Lipinski definition) is 0. The number of methoxy groups -OCH3 is 2. The van der Waals surface area contributed by atoms with Gasteiger partial charge in [-0.05, 0) is 15.9 Å². The van der Waals surface area contributed by atoms with Crippen molar-refractivity contribution in [2.24, 2.45) is 0 Å². The molecule has 0 radical (unpaired) electrons. The first-order chi connectivity index (χ1) is 6.74. The van der Waals surface area contributed by atoms with Crippen molar-refractivity contribution in [3.63, 3.8) is 0 Å². The van der Waals surface area contributed by atoms with Crippen LogP contribution in [0.4, 0.5) is 0 Å². The lowest BCUT2D eigenvalue weighted by Gasteiger charge is -2.06. The molecule has 5 heteroatoms. The molecule has 0 aromatic carbocycles. The van der Waals surface area contributed by atoms with Crippen LogP contribution in [0, 0.1) is 0 Å². The highest BCUT2D eigenvalue weighted by Crippen LogP contribution is 2.28. The van der Waals surface area contributed by atoms with Crippen molar-refractivity contribution in [1.29, 1.82) is 0 Å². The lowest BCUT2D eigenvalue weighted by Crippen LogP contribution is -1.93. The van der Waals surface area contributed by atoms with E-state index < -0.39 is 0 Å². The Morgan fingerprint density at radius 1 is 1.21 bits per heavy atom. The average molecular weight is 257 g/mol. The van der Waals surface area contributed by atoms with E-state index in [2.05, 4.69) is 20.9 Å². The highest BCUT2D eigenvalue weighted by molar-refractivity contribution is 9.10. The summed E-state index contributed by atoms with van der Waals surface area (Å²) in [6.07, 6.45) is 3.68. The number of fused-ring (bicyclic) bond motifs is 1. The van der Waals surface area contributed by atoms with Gasteiger partial charge in [0.1, 0.15) is 10.3 Å². The number of rotatable bonds is 2. The van der Waals surface area contributed by atoms with Crippen molar-refractivity contribution in [3.05, 3.63) is 23.1 Å². The molecule has 0 saturated carbocycles. The standard InChI is InChI=1S/C9H9BrN2O2/c1-13-6-3-9-11-8(10)5-12(9)4-7(6)14-2/h3-5H,1-2H3. The van der Waals surface area contributed by atoms with Gasteiger partial charge in [0.25, 0.3) is 0 Å². The molecule has 0 fully saturated rings. The van der Waals surface area contributed by atoms with Crippen molar-refractivity contribution in [2.75, 3.05) is 14.2 Å². The summed E-state index contributed by atoms with van der Waals surface area (Å²) in [5.74, 6) is 1.36. The second kappa shape index (κ2) is 3.49. The van der Waals surface area contributed by atoms with E-state index in [1.807, 2.05) is 22.9 Å². The van der Waals surface area contributed by atoms with Crippen molar-refractivity contribution in [2.45, 2.75) is 0 Å². The smallest absolute Gasteiger partial charge is 0.177 e.